The summed E-state index contributed by atoms with van der Waals surface area (Å²) in [6.45, 7) is 2.53. The first-order valence-corrected chi connectivity index (χ1v) is 9.15. The van der Waals surface area contributed by atoms with Crippen LogP contribution in [0, 0.1) is 17.3 Å². The molecule has 2 aromatic heterocycles. The van der Waals surface area contributed by atoms with E-state index in [1.165, 1.54) is 43.4 Å². The van der Waals surface area contributed by atoms with Gasteiger partial charge in [-0.25, -0.2) is 9.97 Å². The quantitative estimate of drug-likeness (QED) is 0.675. The highest BCUT2D eigenvalue weighted by atomic mass is 35.5. The molecule has 0 radical (unpaired) electrons. The Morgan fingerprint density at radius 3 is 2.62 bits per heavy atom. The van der Waals surface area contributed by atoms with Gasteiger partial charge in [0, 0.05) is 10.3 Å². The molecule has 21 heavy (non-hydrogen) atoms. The smallest absolute Gasteiger partial charge is 0.150 e. The van der Waals surface area contributed by atoms with Gasteiger partial charge in [-0.05, 0) is 61.8 Å². The number of nitrogens with zero attached hydrogens (tertiary/aromatic N) is 2. The molecule has 2 unspecified atom stereocenters. The second kappa shape index (κ2) is 3.99. The summed E-state index contributed by atoms with van der Waals surface area (Å²) in [4.78, 5) is 10.1. The summed E-state index contributed by atoms with van der Waals surface area (Å²) in [6, 6.07) is 2.31. The van der Waals surface area contributed by atoms with Gasteiger partial charge in [-0.15, -0.1) is 11.3 Å². The van der Waals surface area contributed by atoms with Crippen molar-refractivity contribution in [2.75, 3.05) is 0 Å². The highest BCUT2D eigenvalue weighted by Gasteiger charge is 2.56. The van der Waals surface area contributed by atoms with Crippen molar-refractivity contribution < 1.29 is 0 Å². The van der Waals surface area contributed by atoms with Crippen LogP contribution in [0.3, 0.4) is 0 Å². The minimum absolute atomic E-state index is 0.410. The summed E-state index contributed by atoms with van der Waals surface area (Å²) < 4.78 is 1.08. The maximum atomic E-state index is 6.26. The minimum Gasteiger partial charge on any atom is -0.235 e. The van der Waals surface area contributed by atoms with Crippen molar-refractivity contribution in [1.82, 2.24) is 9.97 Å². The van der Waals surface area contributed by atoms with E-state index in [1.807, 2.05) is 11.3 Å². The lowest BCUT2D eigenvalue weighted by Gasteiger charge is -2.61. The normalized spacial score (nSPS) is 41.0. The van der Waals surface area contributed by atoms with Crippen LogP contribution in [0.25, 0.3) is 10.2 Å². The number of hydrogen-bond acceptors (Lipinski definition) is 3. The van der Waals surface area contributed by atoms with Crippen LogP contribution in [0.15, 0.2) is 12.4 Å². The van der Waals surface area contributed by atoms with Gasteiger partial charge in [0.25, 0.3) is 0 Å². The van der Waals surface area contributed by atoms with E-state index in [1.54, 1.807) is 6.33 Å². The van der Waals surface area contributed by atoms with Gasteiger partial charge < -0.3 is 0 Å². The Balaban J connectivity index is 1.66. The van der Waals surface area contributed by atoms with Crippen LogP contribution in [-0.2, 0) is 5.41 Å². The highest BCUT2D eigenvalue weighted by Crippen LogP contribution is 2.66. The third-order valence-corrected chi connectivity index (χ3v) is 7.92. The number of halogens is 1. The van der Waals surface area contributed by atoms with Crippen molar-refractivity contribution in [3.8, 4) is 0 Å². The Hall–Kier alpha value is -0.670. The molecular weight excluding hydrogens is 300 g/mol. The Morgan fingerprint density at radius 2 is 1.95 bits per heavy atom. The van der Waals surface area contributed by atoms with Crippen molar-refractivity contribution in [2.45, 2.75) is 50.9 Å². The fourth-order valence-corrected chi connectivity index (χ4v) is 7.55. The Labute approximate surface area is 133 Å². The van der Waals surface area contributed by atoms with Gasteiger partial charge >= 0.3 is 0 Å². The molecule has 110 valence electrons. The van der Waals surface area contributed by atoms with Gasteiger partial charge in [0.05, 0.1) is 10.2 Å². The molecule has 2 nitrogen and oxygen atoms in total. The van der Waals surface area contributed by atoms with E-state index in [0.29, 0.717) is 16.0 Å². The summed E-state index contributed by atoms with van der Waals surface area (Å²) in [6.07, 6.45) is 10.1. The third kappa shape index (κ3) is 1.77. The Kier molecular flexibility index (Phi) is 2.44. The fraction of sp³-hybridized carbons (Fsp3) is 0.647. The molecule has 0 aromatic carbocycles. The molecule has 2 aromatic rings. The van der Waals surface area contributed by atoms with Crippen molar-refractivity contribution in [3.05, 3.63) is 22.4 Å². The third-order valence-electron chi connectivity index (χ3n) is 6.14. The molecule has 0 spiro atoms. The summed E-state index contributed by atoms with van der Waals surface area (Å²) in [5, 5.41) is 0.618. The largest absolute Gasteiger partial charge is 0.235 e. The molecule has 4 fully saturated rings. The van der Waals surface area contributed by atoms with E-state index in [2.05, 4.69) is 23.0 Å². The predicted molar refractivity (Wildman–Crippen MR) is 86.9 cm³/mol. The van der Waals surface area contributed by atoms with E-state index in [0.717, 1.165) is 22.1 Å². The second-order valence-corrected chi connectivity index (χ2v) is 9.45. The van der Waals surface area contributed by atoms with Crippen LogP contribution in [0.4, 0.5) is 0 Å². The van der Waals surface area contributed by atoms with Crippen molar-refractivity contribution in [3.63, 3.8) is 0 Å². The molecule has 0 N–H and O–H groups in total. The average Bonchev–Trinajstić information content (AvgIpc) is 2.82. The van der Waals surface area contributed by atoms with Crippen molar-refractivity contribution >= 4 is 33.2 Å². The number of aromatic nitrogens is 2. The van der Waals surface area contributed by atoms with Crippen LogP contribution in [0.5, 0.6) is 0 Å². The lowest BCUT2D eigenvalue weighted by molar-refractivity contribution is -0.0601. The lowest BCUT2D eigenvalue weighted by atomic mass is 9.44. The number of hydrogen-bond donors (Lipinski definition) is 0. The molecule has 2 atom stereocenters. The van der Waals surface area contributed by atoms with Gasteiger partial charge in [0.1, 0.15) is 11.5 Å². The van der Waals surface area contributed by atoms with Gasteiger partial charge in [-0.1, -0.05) is 18.5 Å². The molecule has 4 aliphatic rings. The molecular formula is C17H19ClN2S. The zero-order valence-electron chi connectivity index (χ0n) is 12.2. The Morgan fingerprint density at radius 1 is 1.19 bits per heavy atom. The van der Waals surface area contributed by atoms with E-state index in [9.17, 15) is 0 Å². The lowest BCUT2D eigenvalue weighted by Crippen LogP contribution is -2.52. The number of fused-ring (bicyclic) bond motifs is 1. The number of thiophene rings is 1. The minimum atomic E-state index is 0.410. The molecule has 0 aliphatic heterocycles. The number of rotatable bonds is 1. The SMILES string of the molecule is CC12CC3CC(C1)CC(c1cc4ncnc(Cl)c4s1)(C3)C2. The fourth-order valence-electron chi connectivity index (χ4n) is 6.10. The zero-order valence-corrected chi connectivity index (χ0v) is 13.8. The predicted octanol–water partition coefficient (Wildman–Crippen LogP) is 5.20. The summed E-state index contributed by atoms with van der Waals surface area (Å²) >= 11 is 8.12. The molecule has 4 heteroatoms. The molecule has 0 amide bonds. The van der Waals surface area contributed by atoms with E-state index in [4.69, 9.17) is 11.6 Å². The molecule has 4 aliphatic carbocycles. The molecule has 2 heterocycles. The Bertz CT molecular complexity index is 723. The average molecular weight is 319 g/mol. The maximum Gasteiger partial charge on any atom is 0.150 e. The van der Waals surface area contributed by atoms with E-state index < -0.39 is 0 Å². The molecule has 6 rings (SSSR count). The van der Waals surface area contributed by atoms with Crippen LogP contribution in [0.1, 0.15) is 50.3 Å². The van der Waals surface area contributed by atoms with Crippen molar-refractivity contribution in [1.29, 1.82) is 0 Å². The molecule has 0 saturated heterocycles. The summed E-state index contributed by atoms with van der Waals surface area (Å²) in [5.41, 5.74) is 2.03. The standard InChI is InChI=1S/C17H19ClN2S/c1-16-4-10-2-11(5-16)7-17(6-10,8-16)13-3-12-14(21-13)15(18)20-9-19-12/h3,9-11H,2,4-8H2,1H3. The second-order valence-electron chi connectivity index (χ2n) is 8.04. The molecule has 4 saturated carbocycles. The van der Waals surface area contributed by atoms with Crippen LogP contribution >= 0.6 is 22.9 Å². The van der Waals surface area contributed by atoms with Crippen LogP contribution in [0.2, 0.25) is 5.15 Å². The van der Waals surface area contributed by atoms with Crippen LogP contribution in [-0.4, -0.2) is 9.97 Å². The zero-order chi connectivity index (χ0) is 14.2. The first-order chi connectivity index (χ1) is 10.1. The van der Waals surface area contributed by atoms with E-state index in [-0.39, 0.29) is 0 Å². The summed E-state index contributed by atoms with van der Waals surface area (Å²) in [5.74, 6) is 1.89. The van der Waals surface area contributed by atoms with Gasteiger partial charge in [-0.3, -0.25) is 0 Å². The van der Waals surface area contributed by atoms with Crippen LogP contribution < -0.4 is 0 Å². The molecule has 4 bridgehead atoms. The maximum absolute atomic E-state index is 6.26. The van der Waals surface area contributed by atoms with Crippen molar-refractivity contribution in [2.24, 2.45) is 17.3 Å². The first kappa shape index (κ1) is 12.8. The first-order valence-electron chi connectivity index (χ1n) is 7.96. The summed E-state index contributed by atoms with van der Waals surface area (Å²) in [7, 11) is 0. The highest BCUT2D eigenvalue weighted by molar-refractivity contribution is 7.19. The topological polar surface area (TPSA) is 25.8 Å². The van der Waals surface area contributed by atoms with Gasteiger partial charge in [0.15, 0.2) is 0 Å². The monoisotopic (exact) mass is 318 g/mol. The van der Waals surface area contributed by atoms with Gasteiger partial charge in [-0.2, -0.15) is 0 Å². The van der Waals surface area contributed by atoms with E-state index >= 15 is 0 Å². The van der Waals surface area contributed by atoms with Gasteiger partial charge in [0.2, 0.25) is 0 Å².